The van der Waals surface area contributed by atoms with Gasteiger partial charge in [0.25, 0.3) is 0 Å². The molecule has 0 radical (unpaired) electrons. The third-order valence-corrected chi connectivity index (χ3v) is 4.09. The van der Waals surface area contributed by atoms with Gasteiger partial charge in [-0.2, -0.15) is 0 Å². The fourth-order valence-electron chi connectivity index (χ4n) is 1.38. The van der Waals surface area contributed by atoms with E-state index in [-0.39, 0.29) is 0 Å². The summed E-state index contributed by atoms with van der Waals surface area (Å²) in [6.45, 7) is 2.06. The van der Waals surface area contributed by atoms with Crippen LogP contribution in [-0.2, 0) is 6.42 Å². The Bertz CT molecular complexity index is 403. The van der Waals surface area contributed by atoms with E-state index in [1.807, 2.05) is 17.4 Å². The van der Waals surface area contributed by atoms with Crippen LogP contribution in [0.5, 0.6) is 0 Å². The molecule has 0 amide bonds. The van der Waals surface area contributed by atoms with Crippen LogP contribution in [0.3, 0.4) is 0 Å². The highest BCUT2D eigenvalue weighted by atomic mass is 32.2. The summed E-state index contributed by atoms with van der Waals surface area (Å²) in [7, 11) is 0. The molecule has 5 heteroatoms. The van der Waals surface area contributed by atoms with Crippen molar-refractivity contribution in [1.29, 1.82) is 0 Å². The van der Waals surface area contributed by atoms with Gasteiger partial charge < -0.3 is 5.32 Å². The highest BCUT2D eigenvalue weighted by Gasteiger charge is 1.95. The minimum absolute atomic E-state index is 1.01. The number of nitrogens with zero attached hydrogens (tertiary/aromatic N) is 2. The first-order valence-electron chi connectivity index (χ1n) is 5.57. The van der Waals surface area contributed by atoms with E-state index in [0.717, 1.165) is 30.3 Å². The topological polar surface area (TPSA) is 37.8 Å². The van der Waals surface area contributed by atoms with Gasteiger partial charge in [-0.05, 0) is 30.5 Å². The van der Waals surface area contributed by atoms with Crippen molar-refractivity contribution in [3.05, 3.63) is 41.0 Å². The number of thioether (sulfide) groups is 1. The Labute approximate surface area is 110 Å². The molecule has 0 atom stereocenters. The molecule has 0 unspecified atom stereocenters. The van der Waals surface area contributed by atoms with Crippen LogP contribution in [0.25, 0.3) is 0 Å². The lowest BCUT2D eigenvalue weighted by Crippen LogP contribution is -2.19. The molecule has 3 nitrogen and oxygen atoms in total. The first-order valence-corrected chi connectivity index (χ1v) is 7.43. The molecule has 0 aliphatic carbocycles. The van der Waals surface area contributed by atoms with Crippen molar-refractivity contribution in [2.24, 2.45) is 0 Å². The van der Waals surface area contributed by atoms with Crippen molar-refractivity contribution in [2.45, 2.75) is 11.4 Å². The van der Waals surface area contributed by atoms with E-state index < -0.39 is 0 Å². The Kier molecular flexibility index (Phi) is 5.48. The lowest BCUT2D eigenvalue weighted by atomic mass is 10.3. The molecule has 0 fully saturated rings. The van der Waals surface area contributed by atoms with Crippen LogP contribution in [0, 0.1) is 0 Å². The molecule has 2 rings (SSSR count). The van der Waals surface area contributed by atoms with Gasteiger partial charge in [0, 0.05) is 23.4 Å². The molecule has 0 spiro atoms. The summed E-state index contributed by atoms with van der Waals surface area (Å²) in [5.74, 6) is 1.04. The molecule has 0 aliphatic heterocycles. The summed E-state index contributed by atoms with van der Waals surface area (Å²) in [5.41, 5.74) is 0. The highest BCUT2D eigenvalue weighted by molar-refractivity contribution is 7.99. The van der Waals surface area contributed by atoms with Crippen molar-refractivity contribution in [1.82, 2.24) is 15.3 Å². The van der Waals surface area contributed by atoms with E-state index >= 15 is 0 Å². The monoisotopic (exact) mass is 265 g/mol. The van der Waals surface area contributed by atoms with Gasteiger partial charge in [0.15, 0.2) is 0 Å². The molecule has 90 valence electrons. The molecule has 2 aromatic rings. The molecule has 1 N–H and O–H groups in total. The summed E-state index contributed by atoms with van der Waals surface area (Å²) < 4.78 is 0. The Morgan fingerprint density at radius 2 is 2.29 bits per heavy atom. The molecular weight excluding hydrogens is 250 g/mol. The van der Waals surface area contributed by atoms with Crippen LogP contribution in [0.15, 0.2) is 41.1 Å². The molecule has 0 saturated carbocycles. The second kappa shape index (κ2) is 7.42. The van der Waals surface area contributed by atoms with Crippen LogP contribution in [0.2, 0.25) is 0 Å². The number of aromatic nitrogens is 2. The van der Waals surface area contributed by atoms with Gasteiger partial charge in [0.1, 0.15) is 6.33 Å². The van der Waals surface area contributed by atoms with Gasteiger partial charge in [-0.25, -0.2) is 9.97 Å². The van der Waals surface area contributed by atoms with E-state index in [2.05, 4.69) is 32.8 Å². The molecule has 0 bridgehead atoms. The molecule has 2 heterocycles. The summed E-state index contributed by atoms with van der Waals surface area (Å²) in [5, 5.41) is 6.60. The number of hydrogen-bond acceptors (Lipinski definition) is 5. The van der Waals surface area contributed by atoms with E-state index in [0.29, 0.717) is 0 Å². The third kappa shape index (κ3) is 4.85. The lowest BCUT2D eigenvalue weighted by molar-refractivity contribution is 0.725. The summed E-state index contributed by atoms with van der Waals surface area (Å²) in [6.07, 6.45) is 4.49. The Morgan fingerprint density at radius 1 is 1.29 bits per heavy atom. The van der Waals surface area contributed by atoms with Crippen molar-refractivity contribution in [3.8, 4) is 0 Å². The predicted octanol–water partition coefficient (Wildman–Crippen LogP) is 2.46. The summed E-state index contributed by atoms with van der Waals surface area (Å²) >= 11 is 3.58. The number of hydrogen-bond donors (Lipinski definition) is 1. The third-order valence-electron chi connectivity index (χ3n) is 2.21. The van der Waals surface area contributed by atoms with Crippen LogP contribution >= 0.6 is 23.1 Å². The van der Waals surface area contributed by atoms with Crippen LogP contribution < -0.4 is 5.32 Å². The molecule has 17 heavy (non-hydrogen) atoms. The summed E-state index contributed by atoms with van der Waals surface area (Å²) in [6, 6.07) is 6.23. The van der Waals surface area contributed by atoms with Crippen molar-refractivity contribution < 1.29 is 0 Å². The van der Waals surface area contributed by atoms with E-state index in [4.69, 9.17) is 0 Å². The number of nitrogens with one attached hydrogen (secondary N) is 1. The van der Waals surface area contributed by atoms with Gasteiger partial charge in [0.05, 0.1) is 5.03 Å². The van der Waals surface area contributed by atoms with Gasteiger partial charge in [-0.1, -0.05) is 6.07 Å². The molecule has 0 aliphatic rings. The maximum absolute atomic E-state index is 4.16. The first-order chi connectivity index (χ1) is 8.45. The van der Waals surface area contributed by atoms with Gasteiger partial charge in [0.2, 0.25) is 0 Å². The Hall–Kier alpha value is -0.910. The Morgan fingerprint density at radius 3 is 3.06 bits per heavy atom. The van der Waals surface area contributed by atoms with E-state index in [9.17, 15) is 0 Å². The normalized spacial score (nSPS) is 10.6. The van der Waals surface area contributed by atoms with Crippen LogP contribution in [-0.4, -0.2) is 28.8 Å². The molecule has 2 aromatic heterocycles. The van der Waals surface area contributed by atoms with Crippen LogP contribution in [0.1, 0.15) is 4.88 Å². The molecular formula is C12H15N3S2. The lowest BCUT2D eigenvalue weighted by Gasteiger charge is -2.03. The fraction of sp³-hybridized carbons (Fsp3) is 0.333. The van der Waals surface area contributed by atoms with Gasteiger partial charge in [-0.15, -0.1) is 23.1 Å². The van der Waals surface area contributed by atoms with Crippen molar-refractivity contribution >= 4 is 23.1 Å². The SMILES string of the molecule is c1csc(CCNCCSc2ccncn2)c1. The maximum atomic E-state index is 4.16. The molecule has 0 aromatic carbocycles. The number of rotatable bonds is 7. The number of thiophene rings is 1. The fourth-order valence-corrected chi connectivity index (χ4v) is 2.83. The molecule has 0 saturated heterocycles. The van der Waals surface area contributed by atoms with E-state index in [1.54, 1.807) is 24.3 Å². The second-order valence-corrected chi connectivity index (χ2v) is 5.62. The zero-order valence-corrected chi connectivity index (χ0v) is 11.1. The van der Waals surface area contributed by atoms with E-state index in [1.165, 1.54) is 4.88 Å². The summed E-state index contributed by atoms with van der Waals surface area (Å²) in [4.78, 5) is 9.50. The maximum Gasteiger partial charge on any atom is 0.116 e. The highest BCUT2D eigenvalue weighted by Crippen LogP contribution is 2.12. The minimum atomic E-state index is 1.01. The first kappa shape index (κ1) is 12.5. The van der Waals surface area contributed by atoms with Crippen molar-refractivity contribution in [2.75, 3.05) is 18.8 Å². The van der Waals surface area contributed by atoms with Crippen molar-refractivity contribution in [3.63, 3.8) is 0 Å². The largest absolute Gasteiger partial charge is 0.316 e. The zero-order chi connectivity index (χ0) is 11.8. The average molecular weight is 265 g/mol. The van der Waals surface area contributed by atoms with Gasteiger partial charge >= 0.3 is 0 Å². The quantitative estimate of drug-likeness (QED) is 0.474. The van der Waals surface area contributed by atoms with Crippen LogP contribution in [0.4, 0.5) is 0 Å². The van der Waals surface area contributed by atoms with Gasteiger partial charge in [-0.3, -0.25) is 0 Å². The zero-order valence-electron chi connectivity index (χ0n) is 9.50. The Balaban J connectivity index is 1.52. The predicted molar refractivity (Wildman–Crippen MR) is 73.6 cm³/mol. The smallest absolute Gasteiger partial charge is 0.116 e. The minimum Gasteiger partial charge on any atom is -0.316 e. The second-order valence-electron chi connectivity index (χ2n) is 3.48. The average Bonchev–Trinajstić information content (AvgIpc) is 2.88. The standard InChI is InChI=1S/C12H15N3S2/c1-2-11(16-8-1)3-5-13-7-9-17-12-4-6-14-10-15-12/h1-2,4,6,8,10,13H,3,5,7,9H2.